The van der Waals surface area contributed by atoms with Crippen LogP contribution in [0.4, 0.5) is 15.9 Å². The highest BCUT2D eigenvalue weighted by Gasteiger charge is 2.46. The van der Waals surface area contributed by atoms with E-state index in [0.29, 0.717) is 16.9 Å². The zero-order chi connectivity index (χ0) is 32.5. The number of hydrogen-bond donors (Lipinski definition) is 3. The van der Waals surface area contributed by atoms with Gasteiger partial charge in [0.2, 0.25) is 5.91 Å². The number of benzene rings is 3. The summed E-state index contributed by atoms with van der Waals surface area (Å²) in [5.74, 6) is -3.33. The van der Waals surface area contributed by atoms with Gasteiger partial charge in [0.15, 0.2) is 21.3 Å². The van der Waals surface area contributed by atoms with Crippen LogP contribution < -0.4 is 20.5 Å². The van der Waals surface area contributed by atoms with Crippen LogP contribution in [0.1, 0.15) is 36.6 Å². The highest BCUT2D eigenvalue weighted by Crippen LogP contribution is 2.43. The lowest BCUT2D eigenvalue weighted by Gasteiger charge is -2.32. The first-order valence-electron chi connectivity index (χ1n) is 14.2. The van der Waals surface area contributed by atoms with Crippen molar-refractivity contribution in [3.8, 4) is 11.5 Å². The second-order valence-electron chi connectivity index (χ2n) is 10.6. The summed E-state index contributed by atoms with van der Waals surface area (Å²) in [6, 6.07) is 12.9. The fourth-order valence-electron chi connectivity index (χ4n) is 5.83. The number of anilines is 2. The van der Waals surface area contributed by atoms with Gasteiger partial charge in [-0.15, -0.1) is 0 Å². The van der Waals surface area contributed by atoms with Crippen LogP contribution in [0, 0.1) is 11.7 Å². The van der Waals surface area contributed by atoms with E-state index in [1.54, 1.807) is 42.6 Å². The van der Waals surface area contributed by atoms with E-state index in [-0.39, 0.29) is 46.2 Å². The number of nitrogen functional groups attached to an aromatic ring is 1. The second kappa shape index (κ2) is 12.6. The van der Waals surface area contributed by atoms with E-state index in [4.69, 9.17) is 15.2 Å². The van der Waals surface area contributed by atoms with Gasteiger partial charge >= 0.3 is 5.97 Å². The topological polar surface area (TPSA) is 161 Å². The number of ether oxygens (including phenoxy) is 2. The number of rotatable bonds is 10. The number of aromatic nitrogens is 1. The number of carbonyl (C=O) groups is 2. The number of carbonyl (C=O) groups excluding carboxylic acids is 1. The van der Waals surface area contributed by atoms with Crippen LogP contribution in [0.25, 0.3) is 10.8 Å². The number of nitrogens with one attached hydrogen (secondary N) is 1. The highest BCUT2D eigenvalue weighted by atomic mass is 32.2. The summed E-state index contributed by atoms with van der Waals surface area (Å²) < 4.78 is 52.6. The summed E-state index contributed by atoms with van der Waals surface area (Å²) in [6.45, 7) is 1.49. The molecule has 1 aliphatic rings. The van der Waals surface area contributed by atoms with Crippen LogP contribution in [0.15, 0.2) is 71.8 Å². The lowest BCUT2D eigenvalue weighted by Crippen LogP contribution is -2.40. The fraction of sp³-hybridized carbons (Fsp3) is 0.281. The molecule has 2 unspecified atom stereocenters. The summed E-state index contributed by atoms with van der Waals surface area (Å²) >= 11 is 0. The maximum absolute atomic E-state index is 15.8. The highest BCUT2D eigenvalue weighted by molar-refractivity contribution is 7.91. The molecule has 0 bridgehead atoms. The summed E-state index contributed by atoms with van der Waals surface area (Å²) in [7, 11) is -1.05. The molecule has 13 heteroatoms. The van der Waals surface area contributed by atoms with Crippen molar-refractivity contribution in [1.82, 2.24) is 9.88 Å². The third kappa shape index (κ3) is 5.95. The van der Waals surface area contributed by atoms with Crippen LogP contribution in [0.3, 0.4) is 0 Å². The average Bonchev–Trinajstić information content (AvgIpc) is 3.49. The third-order valence-corrected chi connectivity index (χ3v) is 9.92. The number of nitrogens with zero attached hydrogens (tertiary/aromatic N) is 2. The Morgan fingerprint density at radius 1 is 1.11 bits per heavy atom. The van der Waals surface area contributed by atoms with Gasteiger partial charge in [-0.25, -0.2) is 17.8 Å². The molecule has 0 saturated carbocycles. The molecule has 5 rings (SSSR count). The number of amides is 1. The Morgan fingerprint density at radius 3 is 2.51 bits per heavy atom. The van der Waals surface area contributed by atoms with E-state index in [9.17, 15) is 23.1 Å². The first kappa shape index (κ1) is 31.5. The molecule has 11 nitrogen and oxygen atoms in total. The lowest BCUT2D eigenvalue weighted by molar-refractivity contribution is -0.143. The predicted molar refractivity (Wildman–Crippen MR) is 166 cm³/mol. The summed E-state index contributed by atoms with van der Waals surface area (Å²) in [5.41, 5.74) is 6.56. The van der Waals surface area contributed by atoms with Gasteiger partial charge in [-0.3, -0.25) is 9.59 Å². The van der Waals surface area contributed by atoms with Gasteiger partial charge in [0.05, 0.1) is 36.8 Å². The van der Waals surface area contributed by atoms with E-state index < -0.39 is 45.5 Å². The molecule has 3 atom stereocenters. The van der Waals surface area contributed by atoms with Gasteiger partial charge in [-0.1, -0.05) is 25.1 Å². The van der Waals surface area contributed by atoms with Gasteiger partial charge in [-0.2, -0.15) is 0 Å². The van der Waals surface area contributed by atoms with E-state index >= 15 is 4.39 Å². The van der Waals surface area contributed by atoms with Crippen LogP contribution in [-0.2, 0) is 19.4 Å². The Kier molecular flexibility index (Phi) is 8.82. The molecule has 4 N–H and O–H groups in total. The van der Waals surface area contributed by atoms with Crippen molar-refractivity contribution >= 4 is 44.0 Å². The van der Waals surface area contributed by atoms with Gasteiger partial charge in [0.25, 0.3) is 0 Å². The molecule has 45 heavy (non-hydrogen) atoms. The van der Waals surface area contributed by atoms with E-state index in [2.05, 4.69) is 10.3 Å². The number of sulfone groups is 1. The summed E-state index contributed by atoms with van der Waals surface area (Å²) in [6.07, 6.45) is 1.61. The number of aliphatic carboxylic acids is 1. The van der Waals surface area contributed by atoms with Gasteiger partial charge in [0, 0.05) is 35.4 Å². The molecule has 4 aromatic rings. The standard InChI is InChI=1S/C32H33FN4O7S/c1-4-45(41,42)27-8-6-5-7-21(27)29-22(32(39)40)12-14-37(29)31(38)28(23-16-25(43-2)26(44-3)17-24(23)33)36-19-9-10-20-18(15-19)11-13-35-30(20)34/h5-11,13,15-17,22,28-29,36H,4,12,14H2,1-3H3,(H2,34,35)(H,39,40)/t22?,28-,29?/m0/s1. The SMILES string of the molecule is CCS(=O)(=O)c1ccccc1C1C(C(=O)O)CCN1C(=O)[C@@H](Nc1ccc2c(N)nccc2c1)c1cc(OC)c(OC)cc1F. The number of nitrogens with two attached hydrogens (primary N) is 1. The molecule has 1 saturated heterocycles. The van der Waals surface area contributed by atoms with Crippen molar-refractivity contribution in [1.29, 1.82) is 0 Å². The molecule has 1 aromatic heterocycles. The van der Waals surface area contributed by atoms with Gasteiger partial charge in [0.1, 0.15) is 17.7 Å². The van der Waals surface area contributed by atoms with Gasteiger partial charge < -0.3 is 30.5 Å². The number of likely N-dealkylation sites (tertiary alicyclic amines) is 1. The lowest BCUT2D eigenvalue weighted by atomic mass is 9.93. The van der Waals surface area contributed by atoms with E-state index in [1.165, 1.54) is 44.2 Å². The summed E-state index contributed by atoms with van der Waals surface area (Å²) in [4.78, 5) is 32.4. The number of hydrogen-bond acceptors (Lipinski definition) is 9. The first-order chi connectivity index (χ1) is 21.5. The molecular formula is C32H33FN4O7S. The van der Waals surface area contributed by atoms with Crippen molar-refractivity contribution < 1.29 is 37.0 Å². The molecule has 2 heterocycles. The monoisotopic (exact) mass is 636 g/mol. The molecule has 0 radical (unpaired) electrons. The van der Waals surface area contributed by atoms with Crippen LogP contribution in [0.2, 0.25) is 0 Å². The molecule has 1 aliphatic heterocycles. The fourth-order valence-corrected chi connectivity index (χ4v) is 6.98. The smallest absolute Gasteiger partial charge is 0.309 e. The Morgan fingerprint density at radius 2 is 1.82 bits per heavy atom. The molecule has 0 aliphatic carbocycles. The number of carboxylic acids is 1. The minimum Gasteiger partial charge on any atom is -0.493 e. The first-order valence-corrected chi connectivity index (χ1v) is 15.8. The maximum Gasteiger partial charge on any atom is 0.309 e. The predicted octanol–water partition coefficient (Wildman–Crippen LogP) is 4.59. The Labute approximate surface area is 259 Å². The van der Waals surface area contributed by atoms with Crippen molar-refractivity contribution in [3.63, 3.8) is 0 Å². The maximum atomic E-state index is 15.8. The minimum atomic E-state index is -3.79. The molecule has 3 aromatic carbocycles. The number of fused-ring (bicyclic) bond motifs is 1. The van der Waals surface area contributed by atoms with Crippen molar-refractivity contribution in [3.05, 3.63) is 83.8 Å². The Bertz CT molecular complexity index is 1890. The van der Waals surface area contributed by atoms with Gasteiger partial charge in [-0.05, 0) is 53.8 Å². The number of methoxy groups -OCH3 is 2. The second-order valence-corrected chi connectivity index (χ2v) is 12.8. The third-order valence-electron chi connectivity index (χ3n) is 8.12. The zero-order valence-corrected chi connectivity index (χ0v) is 25.7. The zero-order valence-electron chi connectivity index (χ0n) is 24.9. The largest absolute Gasteiger partial charge is 0.493 e. The molecule has 1 amide bonds. The number of carboxylic acid groups (broad SMARTS) is 1. The average molecular weight is 637 g/mol. The summed E-state index contributed by atoms with van der Waals surface area (Å²) in [5, 5.41) is 14.7. The van der Waals surface area contributed by atoms with Crippen LogP contribution in [-0.4, -0.2) is 61.8 Å². The van der Waals surface area contributed by atoms with Crippen LogP contribution >= 0.6 is 0 Å². The number of halogens is 1. The molecule has 0 spiro atoms. The van der Waals surface area contributed by atoms with E-state index in [0.717, 1.165) is 11.5 Å². The van der Waals surface area contributed by atoms with Crippen molar-refractivity contribution in [2.45, 2.75) is 30.3 Å². The molecule has 236 valence electrons. The Hall–Kier alpha value is -4.91. The Balaban J connectivity index is 1.66. The van der Waals surface area contributed by atoms with Crippen LogP contribution in [0.5, 0.6) is 11.5 Å². The quantitative estimate of drug-likeness (QED) is 0.224. The normalized spacial score (nSPS) is 17.2. The van der Waals surface area contributed by atoms with Crippen molar-refractivity contribution in [2.24, 2.45) is 5.92 Å². The molecular weight excluding hydrogens is 603 g/mol. The van der Waals surface area contributed by atoms with Crippen molar-refractivity contribution in [2.75, 3.05) is 37.6 Å². The molecule has 1 fully saturated rings. The number of pyridine rings is 1. The van der Waals surface area contributed by atoms with E-state index in [1.807, 2.05) is 0 Å². The minimum absolute atomic E-state index is 0.00597.